The van der Waals surface area contributed by atoms with Crippen molar-refractivity contribution in [1.29, 1.82) is 0 Å². The van der Waals surface area contributed by atoms with Gasteiger partial charge in [0.25, 0.3) is 5.56 Å². The van der Waals surface area contributed by atoms with E-state index in [0.717, 1.165) is 11.1 Å². The molecule has 1 amide bonds. The lowest BCUT2D eigenvalue weighted by Crippen LogP contribution is -2.31. The van der Waals surface area contributed by atoms with Crippen LogP contribution in [0.3, 0.4) is 0 Å². The molecule has 0 radical (unpaired) electrons. The summed E-state index contributed by atoms with van der Waals surface area (Å²) in [7, 11) is 0. The summed E-state index contributed by atoms with van der Waals surface area (Å²) in [4.78, 5) is 32.5. The Labute approximate surface area is 167 Å². The smallest absolute Gasteiger partial charge is 0.257 e. The third-order valence-electron chi connectivity index (χ3n) is 5.03. The molecule has 28 heavy (non-hydrogen) atoms. The largest absolute Gasteiger partial charge is 0.310 e. The monoisotopic (exact) mass is 391 g/mol. The molecule has 2 N–H and O–H groups in total. The van der Waals surface area contributed by atoms with E-state index in [1.165, 1.54) is 22.9 Å². The molecule has 0 saturated heterocycles. The van der Waals surface area contributed by atoms with Crippen LogP contribution in [0.4, 0.5) is 5.82 Å². The normalized spacial score (nSPS) is 15.8. The first-order valence-electron chi connectivity index (χ1n) is 9.19. The number of aromatic nitrogens is 2. The number of rotatable bonds is 4. The minimum absolute atomic E-state index is 0.119. The van der Waals surface area contributed by atoms with Gasteiger partial charge in [-0.3, -0.25) is 9.59 Å². The first-order chi connectivity index (χ1) is 13.5. The van der Waals surface area contributed by atoms with E-state index in [9.17, 15) is 9.59 Å². The maximum atomic E-state index is 12.9. The van der Waals surface area contributed by atoms with Crippen molar-refractivity contribution in [3.05, 3.63) is 86.7 Å². The fraction of sp³-hybridized carbons (Fsp3) is 0.227. The van der Waals surface area contributed by atoms with E-state index in [2.05, 4.69) is 34.3 Å². The summed E-state index contributed by atoms with van der Waals surface area (Å²) in [5, 5.41) is 3.29. The molecule has 3 aromatic rings. The SMILES string of the molecule is Cc1ccc(C2CC(=O)Nc3nc(SCc4ccccc4C)[nH]c(=O)c32)cc1. The molecular formula is C22H21N3O2S. The van der Waals surface area contributed by atoms with Gasteiger partial charge in [-0.05, 0) is 30.5 Å². The third-order valence-corrected chi connectivity index (χ3v) is 5.96. The van der Waals surface area contributed by atoms with Gasteiger partial charge in [-0.25, -0.2) is 4.98 Å². The topological polar surface area (TPSA) is 74.8 Å². The highest BCUT2D eigenvalue weighted by molar-refractivity contribution is 7.98. The number of amides is 1. The van der Waals surface area contributed by atoms with E-state index >= 15 is 0 Å². The molecule has 0 aliphatic carbocycles. The number of fused-ring (bicyclic) bond motifs is 1. The Hall–Kier alpha value is -2.86. The number of carbonyl (C=O) groups excluding carboxylic acids is 1. The predicted octanol–water partition coefficient (Wildman–Crippen LogP) is 4.15. The van der Waals surface area contributed by atoms with Crippen molar-refractivity contribution in [2.24, 2.45) is 0 Å². The zero-order valence-corrected chi connectivity index (χ0v) is 16.6. The second-order valence-corrected chi connectivity index (χ2v) is 8.03. The van der Waals surface area contributed by atoms with Gasteiger partial charge in [0.1, 0.15) is 5.82 Å². The predicted molar refractivity (Wildman–Crippen MR) is 112 cm³/mol. The molecule has 0 spiro atoms. The minimum Gasteiger partial charge on any atom is -0.310 e. The van der Waals surface area contributed by atoms with Crippen molar-refractivity contribution < 1.29 is 4.79 Å². The van der Waals surface area contributed by atoms with E-state index < -0.39 is 0 Å². The molecule has 1 aliphatic rings. The van der Waals surface area contributed by atoms with Crippen LogP contribution in [0, 0.1) is 13.8 Å². The highest BCUT2D eigenvalue weighted by atomic mass is 32.2. The van der Waals surface area contributed by atoms with Crippen LogP contribution in [-0.2, 0) is 10.5 Å². The lowest BCUT2D eigenvalue weighted by Gasteiger charge is -2.24. The molecule has 1 aliphatic heterocycles. The summed E-state index contributed by atoms with van der Waals surface area (Å²) in [5.41, 5.74) is 4.82. The number of aromatic amines is 1. The molecule has 5 nitrogen and oxygen atoms in total. The van der Waals surface area contributed by atoms with E-state index in [4.69, 9.17) is 0 Å². The second kappa shape index (κ2) is 7.64. The van der Waals surface area contributed by atoms with Crippen LogP contribution in [0.15, 0.2) is 58.5 Å². The zero-order chi connectivity index (χ0) is 19.7. The van der Waals surface area contributed by atoms with E-state index in [-0.39, 0.29) is 23.8 Å². The molecule has 2 aromatic carbocycles. The molecule has 1 atom stereocenters. The quantitative estimate of drug-likeness (QED) is 0.517. The standard InChI is InChI=1S/C22H21N3O2S/c1-13-7-9-15(10-8-13)17-11-18(26)23-20-19(17)21(27)25-22(24-20)28-12-16-6-4-3-5-14(16)2/h3-10,17H,11-12H2,1-2H3,(H2,23,24,25,26,27). The van der Waals surface area contributed by atoms with E-state index in [1.807, 2.05) is 43.3 Å². The number of anilines is 1. The number of hydrogen-bond donors (Lipinski definition) is 2. The Morgan fingerprint density at radius 2 is 1.82 bits per heavy atom. The van der Waals surface area contributed by atoms with Gasteiger partial charge in [-0.2, -0.15) is 0 Å². The van der Waals surface area contributed by atoms with Crippen molar-refractivity contribution >= 4 is 23.5 Å². The van der Waals surface area contributed by atoms with Crippen LogP contribution in [-0.4, -0.2) is 15.9 Å². The van der Waals surface area contributed by atoms with Crippen LogP contribution >= 0.6 is 11.8 Å². The maximum Gasteiger partial charge on any atom is 0.257 e. The minimum atomic E-state index is -0.281. The number of nitrogens with zero attached hydrogens (tertiary/aromatic N) is 1. The average molecular weight is 391 g/mol. The summed E-state index contributed by atoms with van der Waals surface area (Å²) in [6.45, 7) is 4.07. The van der Waals surface area contributed by atoms with Crippen molar-refractivity contribution in [3.63, 3.8) is 0 Å². The summed E-state index contributed by atoms with van der Waals surface area (Å²) in [6, 6.07) is 16.1. The number of aryl methyl sites for hydroxylation is 2. The second-order valence-electron chi connectivity index (χ2n) is 7.06. The molecule has 0 fully saturated rings. The van der Waals surface area contributed by atoms with Crippen LogP contribution in [0.5, 0.6) is 0 Å². The first kappa shape index (κ1) is 18.5. The fourth-order valence-electron chi connectivity index (χ4n) is 3.42. The lowest BCUT2D eigenvalue weighted by molar-refractivity contribution is -0.116. The van der Waals surface area contributed by atoms with Gasteiger partial charge >= 0.3 is 0 Å². The number of benzene rings is 2. The zero-order valence-electron chi connectivity index (χ0n) is 15.8. The highest BCUT2D eigenvalue weighted by Crippen LogP contribution is 2.34. The molecule has 4 rings (SSSR count). The summed E-state index contributed by atoms with van der Waals surface area (Å²) in [6.07, 6.45) is 0.247. The van der Waals surface area contributed by atoms with Gasteiger partial charge < -0.3 is 10.3 Å². The molecule has 1 aromatic heterocycles. The van der Waals surface area contributed by atoms with Crippen molar-refractivity contribution in [2.45, 2.75) is 37.1 Å². The number of nitrogens with one attached hydrogen (secondary N) is 2. The maximum absolute atomic E-state index is 12.9. The third kappa shape index (κ3) is 3.73. The van der Waals surface area contributed by atoms with Gasteiger partial charge in [0.05, 0.1) is 5.56 Å². The van der Waals surface area contributed by atoms with Crippen molar-refractivity contribution in [1.82, 2.24) is 9.97 Å². The average Bonchev–Trinajstić information content (AvgIpc) is 2.67. The molecule has 142 valence electrons. The Bertz CT molecular complexity index is 1090. The molecule has 0 bridgehead atoms. The Morgan fingerprint density at radius 3 is 2.57 bits per heavy atom. The first-order valence-corrected chi connectivity index (χ1v) is 10.2. The van der Waals surface area contributed by atoms with Crippen molar-refractivity contribution in [3.8, 4) is 0 Å². The van der Waals surface area contributed by atoms with E-state index in [0.29, 0.717) is 22.3 Å². The summed E-state index contributed by atoms with van der Waals surface area (Å²) in [5.74, 6) is 0.670. The number of carbonyl (C=O) groups is 1. The van der Waals surface area contributed by atoms with Gasteiger partial charge in [0.2, 0.25) is 5.91 Å². The van der Waals surface area contributed by atoms with Gasteiger partial charge in [0.15, 0.2) is 5.16 Å². The van der Waals surface area contributed by atoms with Crippen LogP contribution in [0.1, 0.15) is 40.2 Å². The Balaban J connectivity index is 1.66. The Morgan fingerprint density at radius 1 is 1.07 bits per heavy atom. The highest BCUT2D eigenvalue weighted by Gasteiger charge is 2.30. The van der Waals surface area contributed by atoms with Gasteiger partial charge in [0, 0.05) is 18.1 Å². The molecule has 1 unspecified atom stereocenters. The molecule has 6 heteroatoms. The fourth-order valence-corrected chi connectivity index (χ4v) is 4.36. The number of hydrogen-bond acceptors (Lipinski definition) is 4. The van der Waals surface area contributed by atoms with Gasteiger partial charge in [-0.15, -0.1) is 0 Å². The molecule has 2 heterocycles. The van der Waals surface area contributed by atoms with Crippen LogP contribution in [0.2, 0.25) is 0 Å². The van der Waals surface area contributed by atoms with Gasteiger partial charge in [-0.1, -0.05) is 65.9 Å². The van der Waals surface area contributed by atoms with Crippen molar-refractivity contribution in [2.75, 3.05) is 5.32 Å². The summed E-state index contributed by atoms with van der Waals surface area (Å²) < 4.78 is 0. The Kier molecular flexibility index (Phi) is 5.05. The number of H-pyrrole nitrogens is 1. The lowest BCUT2D eigenvalue weighted by atomic mass is 9.86. The van der Waals surface area contributed by atoms with Crippen LogP contribution < -0.4 is 10.9 Å². The molecule has 0 saturated carbocycles. The summed E-state index contributed by atoms with van der Waals surface area (Å²) >= 11 is 1.46. The van der Waals surface area contributed by atoms with Crippen LogP contribution in [0.25, 0.3) is 0 Å². The molecular weight excluding hydrogens is 370 g/mol. The number of thioether (sulfide) groups is 1. The van der Waals surface area contributed by atoms with E-state index in [1.54, 1.807) is 0 Å².